The van der Waals surface area contributed by atoms with E-state index in [-0.39, 0.29) is 5.91 Å². The summed E-state index contributed by atoms with van der Waals surface area (Å²) in [5.41, 5.74) is 2.99. The number of anilines is 1. The van der Waals surface area contributed by atoms with E-state index in [4.69, 9.17) is 4.74 Å². The highest BCUT2D eigenvalue weighted by Crippen LogP contribution is 2.28. The van der Waals surface area contributed by atoms with Gasteiger partial charge in [0, 0.05) is 36.9 Å². The summed E-state index contributed by atoms with van der Waals surface area (Å²) in [5, 5.41) is 6.47. The lowest BCUT2D eigenvalue weighted by Gasteiger charge is -2.23. The number of nitrogens with zero attached hydrogens (tertiary/aromatic N) is 1. The molecule has 1 amide bonds. The molecule has 1 aromatic rings. The molecule has 0 aliphatic carbocycles. The number of nitrogens with one attached hydrogen (secondary N) is 2. The van der Waals surface area contributed by atoms with Crippen LogP contribution >= 0.6 is 0 Å². The largest absolute Gasteiger partial charge is 0.480 e. The summed E-state index contributed by atoms with van der Waals surface area (Å²) >= 11 is 0. The minimum absolute atomic E-state index is 0.159. The lowest BCUT2D eigenvalue weighted by Crippen LogP contribution is -2.33. The Morgan fingerprint density at radius 1 is 1.38 bits per heavy atom. The van der Waals surface area contributed by atoms with Crippen molar-refractivity contribution in [2.24, 2.45) is 0 Å². The zero-order chi connectivity index (χ0) is 17.5. The highest BCUT2D eigenvalue weighted by molar-refractivity contribution is 5.99. The monoisotopic (exact) mass is 331 g/mol. The second-order valence-electron chi connectivity index (χ2n) is 6.15. The van der Waals surface area contributed by atoms with Crippen LogP contribution in [0.4, 0.5) is 5.69 Å². The van der Waals surface area contributed by atoms with Crippen molar-refractivity contribution < 1.29 is 9.53 Å². The maximum atomic E-state index is 12.5. The fraction of sp³-hybridized carbons (Fsp3) is 0.526. The number of ether oxygens (including phenoxy) is 1. The van der Waals surface area contributed by atoms with Gasteiger partial charge in [-0.2, -0.15) is 0 Å². The summed E-state index contributed by atoms with van der Waals surface area (Å²) < 4.78 is 5.24. The van der Waals surface area contributed by atoms with Crippen LogP contribution in [-0.4, -0.2) is 36.5 Å². The Morgan fingerprint density at radius 2 is 2.17 bits per heavy atom. The van der Waals surface area contributed by atoms with Crippen molar-refractivity contribution >= 4 is 11.6 Å². The van der Waals surface area contributed by atoms with Crippen LogP contribution in [0.2, 0.25) is 0 Å². The fourth-order valence-electron chi connectivity index (χ4n) is 3.02. The SMILES string of the molecule is C=C(NCCNc1ccc2c(c1)CN(C(C)CCC)C2=O)OCC. The molecule has 2 N–H and O–H groups in total. The average molecular weight is 331 g/mol. The van der Waals surface area contributed by atoms with Crippen molar-refractivity contribution in [3.63, 3.8) is 0 Å². The lowest BCUT2D eigenvalue weighted by molar-refractivity contribution is 0.0709. The van der Waals surface area contributed by atoms with Gasteiger partial charge in [-0.3, -0.25) is 4.79 Å². The van der Waals surface area contributed by atoms with E-state index in [9.17, 15) is 4.79 Å². The van der Waals surface area contributed by atoms with Crippen LogP contribution in [0.5, 0.6) is 0 Å². The van der Waals surface area contributed by atoms with Gasteiger partial charge in [-0.1, -0.05) is 13.3 Å². The van der Waals surface area contributed by atoms with E-state index >= 15 is 0 Å². The molecule has 5 heteroatoms. The van der Waals surface area contributed by atoms with Crippen LogP contribution in [0.15, 0.2) is 30.7 Å². The van der Waals surface area contributed by atoms with Crippen molar-refractivity contribution in [1.29, 1.82) is 0 Å². The Balaban J connectivity index is 1.88. The standard InChI is InChI=1S/C19H29N3O2/c1-5-7-14(3)22-13-16-12-17(8-9-18(16)19(22)23)21-11-10-20-15(4)24-6-2/h8-9,12,14,20-21H,4-7,10-11,13H2,1-3H3. The third kappa shape index (κ3) is 4.43. The quantitative estimate of drug-likeness (QED) is 0.510. The van der Waals surface area contributed by atoms with E-state index in [1.807, 2.05) is 24.0 Å². The molecule has 2 rings (SSSR count). The minimum Gasteiger partial charge on any atom is -0.480 e. The second kappa shape index (κ2) is 8.62. The van der Waals surface area contributed by atoms with Crippen molar-refractivity contribution in [2.75, 3.05) is 25.0 Å². The first kappa shape index (κ1) is 18.2. The molecule has 0 fully saturated rings. The van der Waals surface area contributed by atoms with Crippen molar-refractivity contribution in [1.82, 2.24) is 10.2 Å². The molecular formula is C19H29N3O2. The Kier molecular flexibility index (Phi) is 6.53. The third-order valence-corrected chi connectivity index (χ3v) is 4.27. The molecule has 0 aromatic heterocycles. The van der Waals surface area contributed by atoms with Gasteiger partial charge < -0.3 is 20.3 Å². The number of benzene rings is 1. The number of hydrogen-bond acceptors (Lipinski definition) is 4. The number of rotatable bonds is 10. The van der Waals surface area contributed by atoms with E-state index in [1.165, 1.54) is 0 Å². The number of hydrogen-bond donors (Lipinski definition) is 2. The first-order valence-corrected chi connectivity index (χ1v) is 8.80. The minimum atomic E-state index is 0.159. The Labute approximate surface area is 145 Å². The third-order valence-electron chi connectivity index (χ3n) is 4.27. The van der Waals surface area contributed by atoms with Crippen LogP contribution in [-0.2, 0) is 11.3 Å². The molecule has 1 aliphatic rings. The second-order valence-corrected chi connectivity index (χ2v) is 6.15. The zero-order valence-electron chi connectivity index (χ0n) is 15.0. The molecule has 1 heterocycles. The highest BCUT2D eigenvalue weighted by atomic mass is 16.5. The molecule has 0 saturated heterocycles. The molecule has 5 nitrogen and oxygen atoms in total. The smallest absolute Gasteiger partial charge is 0.254 e. The molecule has 1 aromatic carbocycles. The van der Waals surface area contributed by atoms with Crippen LogP contribution in [0, 0.1) is 0 Å². The van der Waals surface area contributed by atoms with Crippen LogP contribution in [0.3, 0.4) is 0 Å². The van der Waals surface area contributed by atoms with Crippen molar-refractivity contribution in [3.8, 4) is 0 Å². The predicted octanol–water partition coefficient (Wildman–Crippen LogP) is 3.34. The average Bonchev–Trinajstić information content (AvgIpc) is 2.89. The molecule has 1 aliphatic heterocycles. The van der Waals surface area contributed by atoms with E-state index in [2.05, 4.69) is 37.1 Å². The summed E-state index contributed by atoms with van der Waals surface area (Å²) in [4.78, 5) is 14.5. The first-order chi connectivity index (χ1) is 11.6. The molecule has 24 heavy (non-hydrogen) atoms. The highest BCUT2D eigenvalue weighted by Gasteiger charge is 2.30. The molecular weight excluding hydrogens is 302 g/mol. The Morgan fingerprint density at radius 3 is 2.88 bits per heavy atom. The summed E-state index contributed by atoms with van der Waals surface area (Å²) in [7, 11) is 0. The van der Waals surface area contributed by atoms with Gasteiger partial charge >= 0.3 is 0 Å². The van der Waals surface area contributed by atoms with E-state index in [1.54, 1.807) is 0 Å². The lowest BCUT2D eigenvalue weighted by atomic mass is 10.1. The molecule has 1 atom stereocenters. The van der Waals surface area contributed by atoms with Gasteiger partial charge in [-0.25, -0.2) is 0 Å². The Bertz CT molecular complexity index is 586. The maximum absolute atomic E-state index is 12.5. The van der Waals surface area contributed by atoms with Gasteiger partial charge in [0.1, 0.15) is 0 Å². The predicted molar refractivity (Wildman–Crippen MR) is 97.9 cm³/mol. The van der Waals surface area contributed by atoms with Gasteiger partial charge in [-0.05, 0) is 50.6 Å². The van der Waals surface area contributed by atoms with Crippen LogP contribution in [0.1, 0.15) is 49.5 Å². The summed E-state index contributed by atoms with van der Waals surface area (Å²) in [5.74, 6) is 0.756. The number of carbonyl (C=O) groups excluding carboxylic acids is 1. The van der Waals surface area contributed by atoms with Gasteiger partial charge in [0.05, 0.1) is 6.61 Å². The molecule has 0 spiro atoms. The molecule has 0 saturated carbocycles. The van der Waals surface area contributed by atoms with Crippen LogP contribution in [0.25, 0.3) is 0 Å². The van der Waals surface area contributed by atoms with Crippen LogP contribution < -0.4 is 10.6 Å². The number of carbonyl (C=O) groups is 1. The Hall–Kier alpha value is -2.17. The first-order valence-electron chi connectivity index (χ1n) is 8.80. The summed E-state index contributed by atoms with van der Waals surface area (Å²) in [6.07, 6.45) is 2.13. The molecule has 0 radical (unpaired) electrons. The van der Waals surface area contributed by atoms with E-state index in [0.717, 1.165) is 42.7 Å². The molecule has 132 valence electrons. The zero-order valence-corrected chi connectivity index (χ0v) is 15.0. The van der Waals surface area contributed by atoms with Gasteiger partial charge in [0.2, 0.25) is 0 Å². The fourth-order valence-corrected chi connectivity index (χ4v) is 3.02. The van der Waals surface area contributed by atoms with Gasteiger partial charge in [-0.15, -0.1) is 0 Å². The van der Waals surface area contributed by atoms with E-state index in [0.29, 0.717) is 25.1 Å². The number of fused-ring (bicyclic) bond motifs is 1. The van der Waals surface area contributed by atoms with Gasteiger partial charge in [0.25, 0.3) is 5.91 Å². The summed E-state index contributed by atoms with van der Waals surface area (Å²) in [6, 6.07) is 6.29. The summed E-state index contributed by atoms with van der Waals surface area (Å²) in [6.45, 7) is 12.8. The van der Waals surface area contributed by atoms with Gasteiger partial charge in [0.15, 0.2) is 5.88 Å². The normalized spacial score (nSPS) is 14.3. The molecule has 0 bridgehead atoms. The van der Waals surface area contributed by atoms with E-state index < -0.39 is 0 Å². The maximum Gasteiger partial charge on any atom is 0.254 e. The van der Waals surface area contributed by atoms with Crippen molar-refractivity contribution in [2.45, 2.75) is 46.2 Å². The van der Waals surface area contributed by atoms with Crippen molar-refractivity contribution in [3.05, 3.63) is 41.8 Å². The topological polar surface area (TPSA) is 53.6 Å². The number of amides is 1. The molecule has 1 unspecified atom stereocenters.